The van der Waals surface area contributed by atoms with Gasteiger partial charge in [0.15, 0.2) is 0 Å². The fourth-order valence-corrected chi connectivity index (χ4v) is 4.03. The van der Waals surface area contributed by atoms with Gasteiger partial charge in [0.1, 0.15) is 22.8 Å². The highest BCUT2D eigenvalue weighted by Crippen LogP contribution is 2.28. The molecule has 0 aliphatic carbocycles. The smallest absolute Gasteiger partial charge is 0.339 e. The molecule has 0 fully saturated rings. The first-order valence-corrected chi connectivity index (χ1v) is 12.4. The second-order valence-electron chi connectivity index (χ2n) is 8.95. The predicted octanol–water partition coefficient (Wildman–Crippen LogP) is 4.93. The van der Waals surface area contributed by atoms with E-state index in [9.17, 15) is 14.7 Å². The first-order valence-electron chi connectivity index (χ1n) is 12.4. The minimum atomic E-state index is -1.18. The van der Waals surface area contributed by atoms with Crippen molar-refractivity contribution in [2.45, 2.75) is 32.5 Å². The number of furan rings is 1. The number of nitrogens with one attached hydrogen (secondary N) is 3. The largest absolute Gasteiger partial charge is 0.507 e. The number of amides is 1. The summed E-state index contributed by atoms with van der Waals surface area (Å²) in [5, 5.41) is 28.5. The third-order valence-electron chi connectivity index (χ3n) is 6.17. The molecule has 5 N–H and O–H groups in total. The van der Waals surface area contributed by atoms with Crippen molar-refractivity contribution < 1.29 is 24.2 Å². The van der Waals surface area contributed by atoms with Gasteiger partial charge >= 0.3 is 5.97 Å². The van der Waals surface area contributed by atoms with Gasteiger partial charge in [0.05, 0.1) is 6.54 Å². The van der Waals surface area contributed by atoms with Crippen molar-refractivity contribution in [3.05, 3.63) is 107 Å². The van der Waals surface area contributed by atoms with Gasteiger partial charge in [-0.05, 0) is 59.5 Å². The quantitative estimate of drug-likeness (QED) is 0.182. The molecule has 1 amide bonds. The highest BCUT2D eigenvalue weighted by atomic mass is 16.4. The first-order chi connectivity index (χ1) is 18.4. The zero-order chi connectivity index (χ0) is 26.9. The summed E-state index contributed by atoms with van der Waals surface area (Å²) in [6.07, 6.45) is 1.22. The van der Waals surface area contributed by atoms with Crippen molar-refractivity contribution in [3.8, 4) is 17.1 Å². The van der Waals surface area contributed by atoms with E-state index in [0.717, 1.165) is 29.8 Å². The number of hydrogen-bond donors (Lipinski definition) is 5. The average Bonchev–Trinajstić information content (AvgIpc) is 3.40. The molecule has 4 aromatic rings. The van der Waals surface area contributed by atoms with E-state index in [1.807, 2.05) is 18.2 Å². The number of carboxylic acids is 1. The number of hydrogen-bond acceptors (Lipinski definition) is 6. The molecule has 0 bridgehead atoms. The maximum Gasteiger partial charge on any atom is 0.339 e. The highest BCUT2D eigenvalue weighted by Gasteiger charge is 2.12. The summed E-state index contributed by atoms with van der Waals surface area (Å²) in [5.74, 6) is -0.172. The fraction of sp³-hybridized carbons (Fsp3) is 0.200. The minimum Gasteiger partial charge on any atom is -0.507 e. The molecule has 0 saturated heterocycles. The Morgan fingerprint density at radius 3 is 2.34 bits per heavy atom. The van der Waals surface area contributed by atoms with Crippen LogP contribution in [0.4, 0.5) is 5.69 Å². The predicted molar refractivity (Wildman–Crippen MR) is 146 cm³/mol. The van der Waals surface area contributed by atoms with E-state index in [-0.39, 0.29) is 17.2 Å². The third kappa shape index (κ3) is 7.24. The Kier molecular flexibility index (Phi) is 8.79. The van der Waals surface area contributed by atoms with E-state index in [1.165, 1.54) is 17.7 Å². The van der Waals surface area contributed by atoms with Crippen LogP contribution in [0.25, 0.3) is 11.3 Å². The summed E-state index contributed by atoms with van der Waals surface area (Å²) < 4.78 is 5.88. The van der Waals surface area contributed by atoms with Crippen LogP contribution in [-0.4, -0.2) is 29.1 Å². The minimum absolute atomic E-state index is 0.0484. The summed E-state index contributed by atoms with van der Waals surface area (Å²) in [5.41, 5.74) is 4.89. The Balaban J connectivity index is 1.26. The number of aromatic hydroxyl groups is 1. The van der Waals surface area contributed by atoms with Crippen LogP contribution in [-0.2, 0) is 30.8 Å². The zero-order valence-electron chi connectivity index (χ0n) is 21.2. The van der Waals surface area contributed by atoms with Crippen LogP contribution >= 0.6 is 0 Å². The van der Waals surface area contributed by atoms with Crippen LogP contribution in [0.2, 0.25) is 0 Å². The van der Waals surface area contributed by atoms with Crippen molar-refractivity contribution in [2.24, 2.45) is 0 Å². The number of carbonyl (C=O) groups excluding carboxylic acids is 1. The fourth-order valence-electron chi connectivity index (χ4n) is 4.03. The van der Waals surface area contributed by atoms with E-state index in [1.54, 1.807) is 19.2 Å². The van der Waals surface area contributed by atoms with Gasteiger partial charge in [0.25, 0.3) is 0 Å². The maximum atomic E-state index is 11.4. The Morgan fingerprint density at radius 1 is 0.842 bits per heavy atom. The van der Waals surface area contributed by atoms with Crippen molar-refractivity contribution in [3.63, 3.8) is 0 Å². The van der Waals surface area contributed by atoms with Gasteiger partial charge in [-0.2, -0.15) is 0 Å². The van der Waals surface area contributed by atoms with Gasteiger partial charge < -0.3 is 30.6 Å². The zero-order valence-corrected chi connectivity index (χ0v) is 21.2. The molecule has 38 heavy (non-hydrogen) atoms. The summed E-state index contributed by atoms with van der Waals surface area (Å²) in [6, 6.07) is 24.5. The molecular formula is C30H31N3O5. The molecule has 0 spiro atoms. The Morgan fingerprint density at radius 2 is 1.61 bits per heavy atom. The van der Waals surface area contributed by atoms with Crippen LogP contribution in [0.15, 0.2) is 83.3 Å². The number of rotatable bonds is 12. The molecule has 3 aromatic carbocycles. The third-order valence-corrected chi connectivity index (χ3v) is 6.17. The van der Waals surface area contributed by atoms with E-state index in [2.05, 4.69) is 52.3 Å². The van der Waals surface area contributed by atoms with E-state index < -0.39 is 5.97 Å². The van der Waals surface area contributed by atoms with Gasteiger partial charge in [0.2, 0.25) is 5.91 Å². The lowest BCUT2D eigenvalue weighted by Gasteiger charge is -2.09. The molecule has 8 heteroatoms. The molecule has 1 aromatic heterocycles. The number of carbonyl (C=O) groups is 2. The number of aromatic carboxylic acids is 1. The Hall–Kier alpha value is -4.56. The van der Waals surface area contributed by atoms with Crippen LogP contribution in [0.5, 0.6) is 5.75 Å². The molecule has 8 nitrogen and oxygen atoms in total. The van der Waals surface area contributed by atoms with Gasteiger partial charge in [-0.1, -0.05) is 42.5 Å². The molecule has 0 unspecified atom stereocenters. The summed E-state index contributed by atoms with van der Waals surface area (Å²) in [7, 11) is 1.65. The number of aryl methyl sites for hydroxylation is 1. The van der Waals surface area contributed by atoms with Crippen LogP contribution in [0, 0.1) is 0 Å². The molecule has 0 saturated carbocycles. The lowest BCUT2D eigenvalue weighted by molar-refractivity contribution is -0.120. The topological polar surface area (TPSA) is 124 Å². The summed E-state index contributed by atoms with van der Waals surface area (Å²) in [4.78, 5) is 22.5. The maximum absolute atomic E-state index is 11.4. The Bertz CT molecular complexity index is 1400. The van der Waals surface area contributed by atoms with Crippen molar-refractivity contribution in [1.82, 2.24) is 10.6 Å². The average molecular weight is 514 g/mol. The van der Waals surface area contributed by atoms with Crippen molar-refractivity contribution >= 4 is 17.6 Å². The van der Waals surface area contributed by atoms with Crippen molar-refractivity contribution in [2.75, 3.05) is 12.4 Å². The molecule has 0 radical (unpaired) electrons. The number of carboxylic acid groups (broad SMARTS) is 1. The van der Waals surface area contributed by atoms with Gasteiger partial charge in [-0.25, -0.2) is 4.79 Å². The monoisotopic (exact) mass is 513 g/mol. The van der Waals surface area contributed by atoms with Crippen LogP contribution in [0.1, 0.15) is 39.2 Å². The standard InChI is InChI=1S/C30H31N3O5/c1-31-29(35)14-9-20-5-7-21(8-6-20)17-32-18-22-3-2-4-24(15-22)33-19-25-11-13-28(38-25)23-10-12-26(30(36)37)27(34)16-23/h2-8,10-13,15-16,32-34H,9,14,17-19H2,1H3,(H,31,35)(H,36,37). The SMILES string of the molecule is CNC(=O)CCc1ccc(CNCc2cccc(NCc3ccc(-c4ccc(C(=O)O)c(O)c4)o3)c2)cc1. The van der Waals surface area contributed by atoms with Crippen molar-refractivity contribution in [1.29, 1.82) is 0 Å². The molecule has 0 aliphatic heterocycles. The van der Waals surface area contributed by atoms with Crippen LogP contribution < -0.4 is 16.0 Å². The lowest BCUT2D eigenvalue weighted by Crippen LogP contribution is -2.17. The normalized spacial score (nSPS) is 10.8. The van der Waals surface area contributed by atoms with Crippen LogP contribution in [0.3, 0.4) is 0 Å². The summed E-state index contributed by atoms with van der Waals surface area (Å²) in [6.45, 7) is 1.93. The van der Waals surface area contributed by atoms with E-state index in [0.29, 0.717) is 36.6 Å². The highest BCUT2D eigenvalue weighted by molar-refractivity contribution is 5.91. The summed E-state index contributed by atoms with van der Waals surface area (Å²) >= 11 is 0. The number of phenols is 1. The molecule has 0 aliphatic rings. The second kappa shape index (κ2) is 12.6. The van der Waals surface area contributed by atoms with E-state index in [4.69, 9.17) is 9.52 Å². The first kappa shape index (κ1) is 26.5. The van der Waals surface area contributed by atoms with Gasteiger partial charge in [-0.3, -0.25) is 4.79 Å². The molecule has 4 rings (SSSR count). The van der Waals surface area contributed by atoms with Gasteiger partial charge in [-0.15, -0.1) is 0 Å². The lowest BCUT2D eigenvalue weighted by atomic mass is 10.1. The molecule has 1 heterocycles. The number of benzene rings is 3. The van der Waals surface area contributed by atoms with E-state index >= 15 is 0 Å². The molecule has 0 atom stereocenters. The molecular weight excluding hydrogens is 482 g/mol. The Labute approximate surface area is 221 Å². The number of anilines is 1. The molecule has 196 valence electrons. The second-order valence-corrected chi connectivity index (χ2v) is 8.95. The van der Waals surface area contributed by atoms with Gasteiger partial charge in [0, 0.05) is 37.8 Å².